The number of amides is 1. The van der Waals surface area contributed by atoms with Crippen molar-refractivity contribution < 1.29 is 4.79 Å². The number of halogens is 1. The van der Waals surface area contributed by atoms with Crippen LogP contribution in [0.5, 0.6) is 0 Å². The average Bonchev–Trinajstić information content (AvgIpc) is 3.11. The van der Waals surface area contributed by atoms with Gasteiger partial charge in [-0.25, -0.2) is 5.43 Å². The van der Waals surface area contributed by atoms with Crippen molar-refractivity contribution in [3.8, 4) is 0 Å². The number of nitrogens with one attached hydrogen (secondary N) is 3. The molecule has 1 saturated heterocycles. The lowest BCUT2D eigenvalue weighted by Gasteiger charge is -2.11. The first-order chi connectivity index (χ1) is 9.13. The Bertz CT molecular complexity index is 501. The summed E-state index contributed by atoms with van der Waals surface area (Å²) in [6, 6.07) is 6.17. The average molecular weight is 324 g/mol. The van der Waals surface area contributed by atoms with Crippen LogP contribution < -0.4 is 16.2 Å². The molecule has 2 fully saturated rings. The van der Waals surface area contributed by atoms with Crippen molar-refractivity contribution in [3.05, 3.63) is 28.2 Å². The highest BCUT2D eigenvalue weighted by Crippen LogP contribution is 2.35. The second-order valence-corrected chi connectivity index (χ2v) is 6.33. The van der Waals surface area contributed by atoms with E-state index in [0.717, 1.165) is 28.1 Å². The number of hydrogen-bond donors (Lipinski definition) is 3. The van der Waals surface area contributed by atoms with Crippen LogP contribution in [0.1, 0.15) is 24.8 Å². The Hall–Kier alpha value is -0.910. The van der Waals surface area contributed by atoms with E-state index < -0.39 is 0 Å². The first-order valence-corrected chi connectivity index (χ1v) is 7.51. The Morgan fingerprint density at radius 3 is 2.84 bits per heavy atom. The summed E-state index contributed by atoms with van der Waals surface area (Å²) in [7, 11) is 0. The molecule has 2 aliphatic rings. The van der Waals surface area contributed by atoms with Crippen LogP contribution in [0, 0.1) is 12.8 Å². The molecule has 1 aromatic rings. The normalized spacial score (nSPS) is 26.4. The lowest BCUT2D eigenvalue weighted by Crippen LogP contribution is -2.40. The van der Waals surface area contributed by atoms with Crippen LogP contribution in [0.15, 0.2) is 22.7 Å². The molecule has 102 valence electrons. The predicted octanol–water partition coefficient (Wildman–Crippen LogP) is 2.34. The van der Waals surface area contributed by atoms with Gasteiger partial charge >= 0.3 is 0 Å². The highest BCUT2D eigenvalue weighted by Gasteiger charge is 2.38. The topological polar surface area (TPSA) is 53.2 Å². The van der Waals surface area contributed by atoms with Crippen molar-refractivity contribution in [1.82, 2.24) is 10.9 Å². The maximum absolute atomic E-state index is 12.2. The Balaban J connectivity index is 1.60. The second kappa shape index (κ2) is 5.23. The summed E-state index contributed by atoms with van der Waals surface area (Å²) in [5.41, 5.74) is 8.31. The third kappa shape index (κ3) is 2.99. The summed E-state index contributed by atoms with van der Waals surface area (Å²) < 4.78 is 1.06. The quantitative estimate of drug-likeness (QED) is 0.800. The molecule has 1 amide bonds. The summed E-state index contributed by atoms with van der Waals surface area (Å²) in [6.07, 6.45) is 3.46. The highest BCUT2D eigenvalue weighted by molar-refractivity contribution is 9.10. The van der Waals surface area contributed by atoms with Crippen LogP contribution in [-0.4, -0.2) is 18.0 Å². The van der Waals surface area contributed by atoms with Crippen molar-refractivity contribution in [3.63, 3.8) is 0 Å². The molecule has 4 nitrogen and oxygen atoms in total. The van der Waals surface area contributed by atoms with Gasteiger partial charge in [0.2, 0.25) is 5.91 Å². The van der Waals surface area contributed by atoms with Crippen LogP contribution in [0.4, 0.5) is 5.69 Å². The summed E-state index contributed by atoms with van der Waals surface area (Å²) >= 11 is 3.46. The van der Waals surface area contributed by atoms with Crippen LogP contribution >= 0.6 is 15.9 Å². The molecule has 1 heterocycles. The van der Waals surface area contributed by atoms with Crippen LogP contribution in [0.2, 0.25) is 0 Å². The number of carbonyl (C=O) groups excluding carboxylic acids is 1. The first-order valence-electron chi connectivity index (χ1n) is 6.71. The fraction of sp³-hybridized carbons (Fsp3) is 0.500. The molecule has 3 N–H and O–H groups in total. The van der Waals surface area contributed by atoms with E-state index >= 15 is 0 Å². The van der Waals surface area contributed by atoms with E-state index in [1.807, 2.05) is 25.1 Å². The molecular formula is C14H18BrN3O. The zero-order valence-electron chi connectivity index (χ0n) is 10.9. The zero-order chi connectivity index (χ0) is 13.4. The number of anilines is 1. The lowest BCUT2D eigenvalue weighted by molar-refractivity contribution is -0.117. The molecular weight excluding hydrogens is 306 g/mol. The van der Waals surface area contributed by atoms with Gasteiger partial charge in [-0.05, 0) is 55.9 Å². The van der Waals surface area contributed by atoms with Gasteiger partial charge in [0.1, 0.15) is 6.04 Å². The van der Waals surface area contributed by atoms with Crippen LogP contribution in [0.3, 0.4) is 0 Å². The van der Waals surface area contributed by atoms with Gasteiger partial charge in [-0.15, -0.1) is 0 Å². The number of benzene rings is 1. The molecule has 2 unspecified atom stereocenters. The Labute approximate surface area is 121 Å². The van der Waals surface area contributed by atoms with Gasteiger partial charge in [0, 0.05) is 16.2 Å². The van der Waals surface area contributed by atoms with Gasteiger partial charge < -0.3 is 5.32 Å². The van der Waals surface area contributed by atoms with Gasteiger partial charge in [0.15, 0.2) is 0 Å². The fourth-order valence-electron chi connectivity index (χ4n) is 2.51. The molecule has 1 aromatic carbocycles. The SMILES string of the molecule is Cc1cc(NC(=O)C2CC(C3CC3)NN2)ccc1Br. The van der Waals surface area contributed by atoms with Crippen molar-refractivity contribution in [2.24, 2.45) is 5.92 Å². The van der Waals surface area contributed by atoms with E-state index in [-0.39, 0.29) is 11.9 Å². The molecule has 1 aliphatic carbocycles. The third-order valence-corrected chi connectivity index (χ3v) is 4.76. The van der Waals surface area contributed by atoms with E-state index in [1.165, 1.54) is 12.8 Å². The lowest BCUT2D eigenvalue weighted by atomic mass is 10.1. The summed E-state index contributed by atoms with van der Waals surface area (Å²) in [4.78, 5) is 12.2. The maximum Gasteiger partial charge on any atom is 0.242 e. The third-order valence-electron chi connectivity index (χ3n) is 3.87. The predicted molar refractivity (Wildman–Crippen MR) is 78.7 cm³/mol. The van der Waals surface area contributed by atoms with Crippen LogP contribution in [0.25, 0.3) is 0 Å². The molecule has 1 saturated carbocycles. The Morgan fingerprint density at radius 1 is 1.37 bits per heavy atom. The minimum Gasteiger partial charge on any atom is -0.325 e. The van der Waals surface area contributed by atoms with E-state index in [0.29, 0.717) is 6.04 Å². The molecule has 19 heavy (non-hydrogen) atoms. The number of aryl methyl sites for hydroxylation is 1. The summed E-state index contributed by atoms with van der Waals surface area (Å²) in [6.45, 7) is 2.01. The monoisotopic (exact) mass is 323 g/mol. The number of rotatable bonds is 3. The second-order valence-electron chi connectivity index (χ2n) is 5.47. The molecule has 1 aliphatic heterocycles. The molecule has 0 spiro atoms. The number of carbonyl (C=O) groups is 1. The van der Waals surface area contributed by atoms with Gasteiger partial charge in [-0.1, -0.05) is 15.9 Å². The minimum atomic E-state index is -0.130. The first kappa shape index (κ1) is 13.1. The van der Waals surface area contributed by atoms with Crippen LogP contribution in [-0.2, 0) is 4.79 Å². The maximum atomic E-state index is 12.2. The van der Waals surface area contributed by atoms with E-state index in [4.69, 9.17) is 0 Å². The van der Waals surface area contributed by atoms with Crippen molar-refractivity contribution >= 4 is 27.5 Å². The minimum absolute atomic E-state index is 0.0392. The van der Waals surface area contributed by atoms with E-state index in [1.54, 1.807) is 0 Å². The number of hydrogen-bond acceptors (Lipinski definition) is 3. The number of hydrazine groups is 1. The smallest absolute Gasteiger partial charge is 0.242 e. The zero-order valence-corrected chi connectivity index (χ0v) is 12.5. The van der Waals surface area contributed by atoms with Gasteiger partial charge in [0.25, 0.3) is 0 Å². The van der Waals surface area contributed by atoms with E-state index in [2.05, 4.69) is 32.1 Å². The largest absolute Gasteiger partial charge is 0.325 e. The summed E-state index contributed by atoms with van der Waals surface area (Å²) in [5, 5.41) is 2.97. The standard InChI is InChI=1S/C14H18BrN3O/c1-8-6-10(4-5-11(8)15)16-14(19)13-7-12(17-18-13)9-2-3-9/h4-6,9,12-13,17-18H,2-3,7H2,1H3,(H,16,19). The summed E-state index contributed by atoms with van der Waals surface area (Å²) in [5.74, 6) is 0.803. The molecule has 3 rings (SSSR count). The van der Waals surface area contributed by atoms with Crippen molar-refractivity contribution in [2.45, 2.75) is 38.3 Å². The fourth-order valence-corrected chi connectivity index (χ4v) is 2.76. The van der Waals surface area contributed by atoms with Crippen molar-refractivity contribution in [1.29, 1.82) is 0 Å². The molecule has 5 heteroatoms. The molecule has 0 aromatic heterocycles. The highest BCUT2D eigenvalue weighted by atomic mass is 79.9. The molecule has 0 radical (unpaired) electrons. The Kier molecular flexibility index (Phi) is 3.60. The molecule has 0 bridgehead atoms. The van der Waals surface area contributed by atoms with Gasteiger partial charge in [-0.3, -0.25) is 10.2 Å². The van der Waals surface area contributed by atoms with E-state index in [9.17, 15) is 4.79 Å². The Morgan fingerprint density at radius 2 is 2.16 bits per heavy atom. The van der Waals surface area contributed by atoms with Gasteiger partial charge in [-0.2, -0.15) is 0 Å². The molecule has 2 atom stereocenters. The van der Waals surface area contributed by atoms with Crippen molar-refractivity contribution in [2.75, 3.05) is 5.32 Å². The van der Waals surface area contributed by atoms with Gasteiger partial charge in [0.05, 0.1) is 0 Å².